The monoisotopic (exact) mass is 1110 g/mol. The summed E-state index contributed by atoms with van der Waals surface area (Å²) in [6, 6.07) is 6.59. The Bertz CT molecular complexity index is 1940. The number of hydrogen-bond donors (Lipinski definition) is 2. The summed E-state index contributed by atoms with van der Waals surface area (Å²) in [4.78, 5) is 92.0. The Hall–Kier alpha value is -3.20. The molecule has 2 saturated heterocycles. The minimum atomic E-state index is -0.390. The van der Waals surface area contributed by atoms with Crippen LogP contribution >= 0.6 is 0 Å². The predicted molar refractivity (Wildman–Crippen MR) is 287 cm³/mol. The Kier molecular flexibility index (Phi) is 26.7. The van der Waals surface area contributed by atoms with E-state index in [0.717, 1.165) is 104 Å². The van der Waals surface area contributed by atoms with Crippen LogP contribution in [0.2, 0.25) is 0 Å². The van der Waals surface area contributed by atoms with Crippen LogP contribution in [-0.2, 0) is 43.7 Å². The normalized spacial score (nSPS) is 20.5. The van der Waals surface area contributed by atoms with Gasteiger partial charge in [0.1, 0.15) is 0 Å². The van der Waals surface area contributed by atoms with Crippen LogP contribution in [0.1, 0.15) is 92.8 Å². The molecule has 2 aromatic carbocycles. The number of amides is 6. The first-order valence-corrected chi connectivity index (χ1v) is 26.7. The van der Waals surface area contributed by atoms with E-state index in [4.69, 9.17) is 0 Å². The first-order chi connectivity index (χ1) is 36.2. The van der Waals surface area contributed by atoms with Gasteiger partial charge in [0.25, 0.3) is 23.6 Å². The van der Waals surface area contributed by atoms with Gasteiger partial charge < -0.3 is 30.2 Å². The molecule has 8 aliphatic rings. The van der Waals surface area contributed by atoms with Crippen LogP contribution in [0.3, 0.4) is 0 Å². The van der Waals surface area contributed by atoms with E-state index < -0.39 is 23.6 Å². The van der Waals surface area contributed by atoms with Gasteiger partial charge in [-0.05, 0) is 216 Å². The van der Waals surface area contributed by atoms with E-state index in [2.05, 4.69) is 30.2 Å². The molecule has 0 spiro atoms. The van der Waals surface area contributed by atoms with Crippen LogP contribution in [0.4, 0.5) is 0 Å². The van der Waals surface area contributed by atoms with Gasteiger partial charge in [-0.15, -0.1) is 0 Å². The number of carbonyl (C=O) groups is 6. The molecular formula is C60H72Fe2N8O6+4. The van der Waals surface area contributed by atoms with Gasteiger partial charge >= 0.3 is 34.1 Å². The summed E-state index contributed by atoms with van der Waals surface area (Å²) in [5, 5.41) is 6.90. The molecule has 400 valence electrons. The summed E-state index contributed by atoms with van der Waals surface area (Å²) in [7, 11) is 0. The Labute approximate surface area is 476 Å². The summed E-state index contributed by atoms with van der Waals surface area (Å²) in [5.74, 6) is 1.00. The maximum absolute atomic E-state index is 13.9. The van der Waals surface area contributed by atoms with Crippen LogP contribution in [-0.4, -0.2) is 170 Å². The fourth-order valence-corrected chi connectivity index (χ4v) is 10.3. The number of carbonyl (C=O) groups excluding carboxylic acids is 6. The molecule has 0 unspecified atom stereocenters. The molecule has 0 aromatic heterocycles. The molecule has 0 bridgehead atoms. The van der Waals surface area contributed by atoms with Crippen LogP contribution < -0.4 is 10.6 Å². The van der Waals surface area contributed by atoms with Crippen molar-refractivity contribution in [1.29, 1.82) is 0 Å². The summed E-state index contributed by atoms with van der Waals surface area (Å²) in [6.45, 7) is 12.6. The minimum Gasteiger partial charge on any atom is -0.356 e. The van der Waals surface area contributed by atoms with Crippen molar-refractivity contribution in [3.63, 3.8) is 0 Å². The van der Waals surface area contributed by atoms with Gasteiger partial charge in [0.15, 0.2) is 0 Å². The molecule has 76 heavy (non-hydrogen) atoms. The van der Waals surface area contributed by atoms with E-state index >= 15 is 0 Å². The van der Waals surface area contributed by atoms with Crippen molar-refractivity contribution in [3.05, 3.63) is 174 Å². The van der Waals surface area contributed by atoms with Gasteiger partial charge in [-0.1, -0.05) is 0 Å². The summed E-state index contributed by atoms with van der Waals surface area (Å²) in [6.07, 6.45) is 41.8. The van der Waals surface area contributed by atoms with Crippen LogP contribution in [0.5, 0.6) is 0 Å². The molecule has 20 radical (unpaired) electrons. The van der Waals surface area contributed by atoms with Gasteiger partial charge in [-0.3, -0.25) is 38.6 Å². The molecule has 6 fully saturated rings. The molecule has 16 heteroatoms. The summed E-state index contributed by atoms with van der Waals surface area (Å²) in [5.41, 5.74) is 1.41. The molecule has 4 aliphatic carbocycles. The van der Waals surface area contributed by atoms with Gasteiger partial charge in [0.05, 0.1) is 0 Å². The van der Waals surface area contributed by atoms with Gasteiger partial charge in [-0.2, -0.15) is 0 Å². The number of imide groups is 2. The Morgan fingerprint density at radius 3 is 0.908 bits per heavy atom. The Morgan fingerprint density at radius 1 is 0.368 bits per heavy atom. The number of benzene rings is 2. The van der Waals surface area contributed by atoms with Crippen molar-refractivity contribution in [2.45, 2.75) is 51.4 Å². The average Bonchev–Trinajstić information content (AvgIpc) is 4.30. The minimum absolute atomic E-state index is 0. The molecule has 4 heterocycles. The largest absolute Gasteiger partial charge is 2.00 e. The number of nitrogens with one attached hydrogen (secondary N) is 2. The topological polar surface area (TPSA) is 146 Å². The van der Waals surface area contributed by atoms with E-state index in [1.165, 1.54) is 21.6 Å². The van der Waals surface area contributed by atoms with Crippen molar-refractivity contribution in [3.8, 4) is 0 Å². The molecule has 10 rings (SSSR count). The SMILES string of the molecule is O=C(CC[C]1[CH][CH][CH][CH]1)NCCCN1CCN(CCCN2C(=O)c3ccc4c5c(ccc(c35)C2=O)C(=O)N(CCCN2CCN(CCCNC(=O)CC[C]3[CH][CH][CH][CH]3)CC2)C4=O)CC1.[CH]1[CH][CH][CH][CH]1.[CH]1[CH][CH][CH][CH]1.[Fe+2].[Fe+2]. The van der Waals surface area contributed by atoms with Crippen LogP contribution in [0, 0.1) is 127 Å². The zero-order chi connectivity index (χ0) is 51.5. The first-order valence-electron chi connectivity index (χ1n) is 26.7. The van der Waals surface area contributed by atoms with Crippen LogP contribution in [0.25, 0.3) is 10.8 Å². The van der Waals surface area contributed by atoms with Crippen molar-refractivity contribution < 1.29 is 62.9 Å². The molecule has 14 nitrogen and oxygen atoms in total. The van der Waals surface area contributed by atoms with E-state index in [1.54, 1.807) is 24.3 Å². The molecule has 2 aromatic rings. The summed E-state index contributed by atoms with van der Waals surface area (Å²) >= 11 is 0. The van der Waals surface area contributed by atoms with Gasteiger partial charge in [0, 0.05) is 124 Å². The van der Waals surface area contributed by atoms with Crippen molar-refractivity contribution in [1.82, 2.24) is 40.0 Å². The second-order valence-electron chi connectivity index (χ2n) is 19.6. The van der Waals surface area contributed by atoms with E-state index in [9.17, 15) is 28.8 Å². The standard InChI is InChI=1S/C50H62N8O6.2C5H5.2Fe/c59-43(19-13-37-9-1-2-10-37)51-21-5-23-53-29-33-55(34-30-53)25-7-27-57-47(61)39-15-17-41-46-42(18-16-40(45(39)46)48(57)62)50(64)58(49(41)63)28-8-26-56-35-31-54(32-36-56)24-6-22-52-44(60)20-14-38-11-3-4-12-38;2*1-2-4-5-3-1;;/h1-4,9-12,15-18H,5-8,13-14,19-36H2,(H,51,59)(H,52,60);2*1-5H;;/q;;;2*+2. The number of rotatable bonds is 22. The van der Waals surface area contributed by atoms with E-state index in [1.807, 2.05) is 116 Å². The maximum Gasteiger partial charge on any atom is 2.00 e. The molecule has 4 saturated carbocycles. The second-order valence-corrected chi connectivity index (χ2v) is 19.6. The zero-order valence-corrected chi connectivity index (χ0v) is 45.7. The van der Waals surface area contributed by atoms with Crippen LogP contribution in [0.15, 0.2) is 24.3 Å². The van der Waals surface area contributed by atoms with Gasteiger partial charge in [-0.25, -0.2) is 0 Å². The molecule has 6 amide bonds. The third-order valence-corrected chi connectivity index (χ3v) is 14.5. The van der Waals surface area contributed by atoms with E-state index in [-0.39, 0.29) is 59.0 Å². The third kappa shape index (κ3) is 17.9. The Morgan fingerprint density at radius 2 is 0.632 bits per heavy atom. The second kappa shape index (κ2) is 32.8. The predicted octanol–water partition coefficient (Wildman–Crippen LogP) is 5.47. The maximum atomic E-state index is 13.9. The fourth-order valence-electron chi connectivity index (χ4n) is 10.3. The van der Waals surface area contributed by atoms with Gasteiger partial charge in [0.2, 0.25) is 11.8 Å². The number of piperazine rings is 2. The quantitative estimate of drug-likeness (QED) is 0.0886. The number of hydrogen-bond acceptors (Lipinski definition) is 10. The fraction of sp³-hybridized carbons (Fsp3) is 0.400. The average molecular weight is 1110 g/mol. The summed E-state index contributed by atoms with van der Waals surface area (Å²) < 4.78 is 0. The molecule has 0 atom stereocenters. The molecular weight excluding hydrogens is 1040 g/mol. The van der Waals surface area contributed by atoms with Crippen molar-refractivity contribution in [2.75, 3.05) is 105 Å². The number of nitrogens with zero attached hydrogens (tertiary/aromatic N) is 6. The smallest absolute Gasteiger partial charge is 0.356 e. The first kappa shape index (κ1) is 62.0. The Balaban J connectivity index is 0.000000701. The van der Waals surface area contributed by atoms with Crippen molar-refractivity contribution >= 4 is 46.2 Å². The third-order valence-electron chi connectivity index (χ3n) is 14.5. The molecule has 2 N–H and O–H groups in total. The van der Waals surface area contributed by atoms with Crippen molar-refractivity contribution in [2.24, 2.45) is 0 Å². The zero-order valence-electron chi connectivity index (χ0n) is 43.5. The molecule has 4 aliphatic heterocycles. The van der Waals surface area contributed by atoms with E-state index in [0.29, 0.717) is 71.8 Å².